The lowest BCUT2D eigenvalue weighted by Gasteiger charge is -2.26. The molecule has 5 nitrogen and oxygen atoms in total. The Balaban J connectivity index is 1.76. The first kappa shape index (κ1) is 17.9. The first-order valence-electron chi connectivity index (χ1n) is 8.77. The fourth-order valence-corrected chi connectivity index (χ4v) is 3.01. The van der Waals surface area contributed by atoms with E-state index in [0.717, 1.165) is 5.69 Å². The van der Waals surface area contributed by atoms with Crippen molar-refractivity contribution >= 4 is 29.0 Å². The summed E-state index contributed by atoms with van der Waals surface area (Å²) in [5.74, 6) is -0.477. The molecule has 2 amide bonds. The van der Waals surface area contributed by atoms with Crippen LogP contribution in [0.1, 0.15) is 37.0 Å². The van der Waals surface area contributed by atoms with E-state index in [9.17, 15) is 14.4 Å². The summed E-state index contributed by atoms with van der Waals surface area (Å²) < 4.78 is 0. The average molecular weight is 350 g/mol. The molecule has 26 heavy (non-hydrogen) atoms. The molecule has 0 saturated heterocycles. The molecular formula is C21H22N2O3. The van der Waals surface area contributed by atoms with Crippen molar-refractivity contribution in [2.45, 2.75) is 26.7 Å². The summed E-state index contributed by atoms with van der Waals surface area (Å²) in [5.41, 5.74) is 0.971. The highest BCUT2D eigenvalue weighted by atomic mass is 16.2. The minimum atomic E-state index is -0.995. The Bertz CT molecular complexity index is 824. The molecule has 0 unspecified atom stereocenters. The number of nitrogens with zero attached hydrogens (tertiary/aromatic N) is 1. The number of para-hydroxylation sites is 1. The molecule has 1 N–H and O–H groups in total. The second-order valence-electron chi connectivity index (χ2n) is 6.55. The summed E-state index contributed by atoms with van der Waals surface area (Å²) in [6, 6.07) is 16.1. The van der Waals surface area contributed by atoms with Crippen LogP contribution in [0, 0.1) is 5.41 Å². The fourth-order valence-electron chi connectivity index (χ4n) is 3.01. The predicted molar refractivity (Wildman–Crippen MR) is 101 cm³/mol. The van der Waals surface area contributed by atoms with Gasteiger partial charge in [0.1, 0.15) is 5.41 Å². The molecule has 0 heterocycles. The second kappa shape index (κ2) is 7.12. The smallest absolute Gasteiger partial charge is 0.242 e. The normalized spacial score (nSPS) is 14.4. The lowest BCUT2D eigenvalue weighted by molar-refractivity contribution is -0.132. The molecule has 1 fully saturated rings. The SMILES string of the molecule is CCN(C(=O)C1(C(=O)Nc2ccc(C(C)=O)cc2)CC1)c1ccccc1. The lowest BCUT2D eigenvalue weighted by Crippen LogP contribution is -2.43. The van der Waals surface area contributed by atoms with Crippen LogP contribution in [0.25, 0.3) is 0 Å². The largest absolute Gasteiger partial charge is 0.325 e. The maximum atomic E-state index is 13.1. The summed E-state index contributed by atoms with van der Waals surface area (Å²) in [7, 11) is 0. The number of hydrogen-bond donors (Lipinski definition) is 1. The Morgan fingerprint density at radius 3 is 2.12 bits per heavy atom. The summed E-state index contributed by atoms with van der Waals surface area (Å²) in [6.07, 6.45) is 1.10. The van der Waals surface area contributed by atoms with Gasteiger partial charge in [0.15, 0.2) is 5.78 Å². The van der Waals surface area contributed by atoms with Crippen molar-refractivity contribution in [1.82, 2.24) is 0 Å². The van der Waals surface area contributed by atoms with E-state index in [4.69, 9.17) is 0 Å². The Morgan fingerprint density at radius 1 is 1.00 bits per heavy atom. The van der Waals surface area contributed by atoms with Crippen LogP contribution in [0.5, 0.6) is 0 Å². The van der Waals surface area contributed by atoms with Crippen molar-refractivity contribution in [2.24, 2.45) is 5.41 Å². The fraction of sp³-hybridized carbons (Fsp3) is 0.286. The highest BCUT2D eigenvalue weighted by molar-refractivity contribution is 6.17. The molecule has 1 aliphatic rings. The zero-order valence-corrected chi connectivity index (χ0v) is 15.0. The minimum Gasteiger partial charge on any atom is -0.325 e. The Labute approximate surface area is 153 Å². The van der Waals surface area contributed by atoms with Gasteiger partial charge in [0.25, 0.3) is 0 Å². The van der Waals surface area contributed by atoms with Crippen molar-refractivity contribution in [3.63, 3.8) is 0 Å². The van der Waals surface area contributed by atoms with Gasteiger partial charge in [0, 0.05) is 23.5 Å². The van der Waals surface area contributed by atoms with Crippen molar-refractivity contribution in [3.05, 3.63) is 60.2 Å². The maximum Gasteiger partial charge on any atom is 0.242 e. The van der Waals surface area contributed by atoms with Crippen LogP contribution in [0.2, 0.25) is 0 Å². The van der Waals surface area contributed by atoms with E-state index in [1.54, 1.807) is 29.2 Å². The van der Waals surface area contributed by atoms with Gasteiger partial charge < -0.3 is 10.2 Å². The van der Waals surface area contributed by atoms with Gasteiger partial charge in [-0.15, -0.1) is 0 Å². The van der Waals surface area contributed by atoms with Crippen molar-refractivity contribution in [1.29, 1.82) is 0 Å². The maximum absolute atomic E-state index is 13.1. The molecule has 2 aromatic rings. The van der Waals surface area contributed by atoms with Crippen molar-refractivity contribution in [2.75, 3.05) is 16.8 Å². The highest BCUT2D eigenvalue weighted by Crippen LogP contribution is 2.48. The number of rotatable bonds is 6. The van der Waals surface area contributed by atoms with E-state index in [1.165, 1.54) is 6.92 Å². The Kier molecular flexibility index (Phi) is 4.89. The standard InChI is InChI=1S/C21H22N2O3/c1-3-23(18-7-5-4-6-8-18)20(26)21(13-14-21)19(25)22-17-11-9-16(10-12-17)15(2)24/h4-12H,3,13-14H2,1-2H3,(H,22,25). The van der Waals surface area contributed by atoms with Gasteiger partial charge in [-0.1, -0.05) is 18.2 Å². The zero-order chi connectivity index (χ0) is 18.7. The number of carbonyl (C=O) groups excluding carboxylic acids is 3. The molecule has 2 aromatic carbocycles. The van der Waals surface area contributed by atoms with E-state index >= 15 is 0 Å². The summed E-state index contributed by atoms with van der Waals surface area (Å²) in [4.78, 5) is 38.8. The number of carbonyl (C=O) groups is 3. The third-order valence-electron chi connectivity index (χ3n) is 4.77. The van der Waals surface area contributed by atoms with Gasteiger partial charge in [-0.2, -0.15) is 0 Å². The predicted octanol–water partition coefficient (Wildman–Crippen LogP) is 3.66. The summed E-state index contributed by atoms with van der Waals surface area (Å²) in [6.45, 7) is 3.90. The van der Waals surface area contributed by atoms with E-state index in [2.05, 4.69) is 5.32 Å². The molecule has 0 aromatic heterocycles. The van der Waals surface area contributed by atoms with E-state index in [-0.39, 0.29) is 17.6 Å². The number of anilines is 2. The lowest BCUT2D eigenvalue weighted by atomic mass is 10.0. The second-order valence-corrected chi connectivity index (χ2v) is 6.55. The number of amides is 2. The van der Waals surface area contributed by atoms with Crippen LogP contribution in [0.15, 0.2) is 54.6 Å². The van der Waals surface area contributed by atoms with E-state index in [0.29, 0.717) is 30.6 Å². The molecule has 5 heteroatoms. The molecule has 0 radical (unpaired) electrons. The average Bonchev–Trinajstić information content (AvgIpc) is 3.45. The molecule has 0 bridgehead atoms. The quantitative estimate of drug-likeness (QED) is 0.639. The van der Waals surface area contributed by atoms with Crippen LogP contribution in [0.4, 0.5) is 11.4 Å². The molecule has 3 rings (SSSR count). The van der Waals surface area contributed by atoms with Gasteiger partial charge in [-0.25, -0.2) is 0 Å². The first-order valence-corrected chi connectivity index (χ1v) is 8.77. The third-order valence-corrected chi connectivity index (χ3v) is 4.77. The molecule has 134 valence electrons. The third kappa shape index (κ3) is 3.38. The van der Waals surface area contributed by atoms with Crippen LogP contribution in [-0.4, -0.2) is 24.1 Å². The number of hydrogen-bond acceptors (Lipinski definition) is 3. The number of ketones is 1. The Hall–Kier alpha value is -2.95. The topological polar surface area (TPSA) is 66.5 Å². The van der Waals surface area contributed by atoms with Crippen molar-refractivity contribution in [3.8, 4) is 0 Å². The van der Waals surface area contributed by atoms with Gasteiger partial charge in [0.05, 0.1) is 0 Å². The highest BCUT2D eigenvalue weighted by Gasteiger charge is 2.58. The summed E-state index contributed by atoms with van der Waals surface area (Å²) >= 11 is 0. The zero-order valence-electron chi connectivity index (χ0n) is 15.0. The van der Waals surface area contributed by atoms with Gasteiger partial charge in [0.2, 0.25) is 11.8 Å². The molecular weight excluding hydrogens is 328 g/mol. The molecule has 0 aliphatic heterocycles. The van der Waals surface area contributed by atoms with Crippen LogP contribution >= 0.6 is 0 Å². The summed E-state index contributed by atoms with van der Waals surface area (Å²) in [5, 5.41) is 2.82. The number of Topliss-reactive ketones (excluding diaryl/α,β-unsaturated/α-hetero) is 1. The molecule has 0 atom stereocenters. The van der Waals surface area contributed by atoms with E-state index < -0.39 is 5.41 Å². The van der Waals surface area contributed by atoms with Crippen LogP contribution in [-0.2, 0) is 9.59 Å². The molecule has 1 saturated carbocycles. The van der Waals surface area contributed by atoms with Crippen LogP contribution in [0.3, 0.4) is 0 Å². The first-order chi connectivity index (χ1) is 12.5. The molecule has 1 aliphatic carbocycles. The van der Waals surface area contributed by atoms with E-state index in [1.807, 2.05) is 37.3 Å². The van der Waals surface area contributed by atoms with Crippen molar-refractivity contribution < 1.29 is 14.4 Å². The molecule has 0 spiro atoms. The monoisotopic (exact) mass is 350 g/mol. The van der Waals surface area contributed by atoms with Gasteiger partial charge in [-0.3, -0.25) is 14.4 Å². The van der Waals surface area contributed by atoms with Gasteiger partial charge in [-0.05, 0) is 63.1 Å². The number of nitrogens with one attached hydrogen (secondary N) is 1. The number of benzene rings is 2. The van der Waals surface area contributed by atoms with Crippen LogP contribution < -0.4 is 10.2 Å². The van der Waals surface area contributed by atoms with Gasteiger partial charge >= 0.3 is 0 Å². The Morgan fingerprint density at radius 2 is 1.62 bits per heavy atom. The minimum absolute atomic E-state index is 0.0295.